The second-order valence-corrected chi connectivity index (χ2v) is 6.24. The summed E-state index contributed by atoms with van der Waals surface area (Å²) in [5.74, 6) is -1.03. The number of benzene rings is 1. The van der Waals surface area contributed by atoms with Crippen LogP contribution < -0.4 is 5.48 Å². The van der Waals surface area contributed by atoms with Gasteiger partial charge in [-0.25, -0.2) is 13.9 Å². The van der Waals surface area contributed by atoms with Crippen LogP contribution in [0.4, 0.5) is 13.2 Å². The number of hydroxylamine groups is 1. The number of alkyl halides is 3. The summed E-state index contributed by atoms with van der Waals surface area (Å²) < 4.78 is 57.5. The summed E-state index contributed by atoms with van der Waals surface area (Å²) in [7, 11) is -3.19. The molecule has 1 amide bonds. The van der Waals surface area contributed by atoms with Gasteiger partial charge in [-0.05, 0) is 17.7 Å². The van der Waals surface area contributed by atoms with Gasteiger partial charge in [0.2, 0.25) is 0 Å². The molecule has 1 rings (SSSR count). The number of halogens is 3. The molecule has 0 bridgehead atoms. The molecule has 0 saturated carbocycles. The first kappa shape index (κ1) is 16.4. The second-order valence-electron chi connectivity index (χ2n) is 4.10. The fourth-order valence-corrected chi connectivity index (χ4v) is 2.10. The fourth-order valence-electron chi connectivity index (χ4n) is 1.30. The Morgan fingerprint density at radius 2 is 1.80 bits per heavy atom. The Balaban J connectivity index is 2.58. The van der Waals surface area contributed by atoms with E-state index in [1.807, 2.05) is 0 Å². The predicted octanol–water partition coefficient (Wildman–Crippen LogP) is 1.45. The van der Waals surface area contributed by atoms with E-state index in [-0.39, 0.29) is 11.3 Å². The topological polar surface area (TPSA) is 72.5 Å². The second kappa shape index (κ2) is 6.23. The minimum Gasteiger partial charge on any atom is -0.267 e. The van der Waals surface area contributed by atoms with Gasteiger partial charge in [-0.15, -0.1) is 0 Å². The number of rotatable bonds is 5. The van der Waals surface area contributed by atoms with E-state index in [0.29, 0.717) is 5.56 Å². The van der Waals surface area contributed by atoms with E-state index < -0.39 is 28.5 Å². The van der Waals surface area contributed by atoms with Crippen molar-refractivity contribution in [1.29, 1.82) is 0 Å². The van der Waals surface area contributed by atoms with Crippen molar-refractivity contribution in [3.63, 3.8) is 0 Å². The summed E-state index contributed by atoms with van der Waals surface area (Å²) in [6, 6.07) is 5.40. The van der Waals surface area contributed by atoms with E-state index >= 15 is 0 Å². The molecule has 0 atom stereocenters. The number of hydrogen-bond donors (Lipinski definition) is 1. The maximum atomic E-state index is 11.8. The third kappa shape index (κ3) is 6.53. The van der Waals surface area contributed by atoms with Crippen LogP contribution in [0.2, 0.25) is 0 Å². The van der Waals surface area contributed by atoms with Gasteiger partial charge in [-0.3, -0.25) is 9.63 Å². The first-order chi connectivity index (χ1) is 9.07. The van der Waals surface area contributed by atoms with Crippen molar-refractivity contribution in [3.05, 3.63) is 35.4 Å². The van der Waals surface area contributed by atoms with Crippen molar-refractivity contribution in [2.24, 2.45) is 0 Å². The average Bonchev–Trinajstić information content (AvgIpc) is 2.25. The van der Waals surface area contributed by atoms with Gasteiger partial charge >= 0.3 is 6.18 Å². The zero-order chi connectivity index (χ0) is 15.4. The van der Waals surface area contributed by atoms with Gasteiger partial charge in [0.1, 0.15) is 0 Å². The molecule has 0 radical (unpaired) electrons. The first-order valence-electron chi connectivity index (χ1n) is 5.32. The van der Waals surface area contributed by atoms with Gasteiger partial charge in [0, 0.05) is 11.8 Å². The summed E-state index contributed by atoms with van der Waals surface area (Å²) in [4.78, 5) is 15.4. The normalized spacial score (nSPS) is 12.2. The average molecular weight is 311 g/mol. The minimum absolute atomic E-state index is 0.0597. The van der Waals surface area contributed by atoms with Crippen LogP contribution in [0.15, 0.2) is 24.3 Å². The summed E-state index contributed by atoms with van der Waals surface area (Å²) in [5, 5.41) is 0. The highest BCUT2D eigenvalue weighted by atomic mass is 32.2. The number of hydrogen-bond acceptors (Lipinski definition) is 4. The standard InChI is InChI=1S/C11H12F3NO4S/c1-20(17,18)6-8-2-4-9(5-3-8)10(16)15-19-7-11(12,13)14/h2-5H,6-7H2,1H3,(H,15,16). The summed E-state index contributed by atoms with van der Waals surface area (Å²) in [6.45, 7) is -1.59. The highest BCUT2D eigenvalue weighted by Gasteiger charge is 2.28. The summed E-state index contributed by atoms with van der Waals surface area (Å²) in [6.07, 6.45) is -3.47. The van der Waals surface area contributed by atoms with Crippen LogP contribution in [0.25, 0.3) is 0 Å². The molecule has 0 saturated heterocycles. The van der Waals surface area contributed by atoms with Crippen LogP contribution >= 0.6 is 0 Å². The Hall–Kier alpha value is -1.61. The molecule has 1 N–H and O–H groups in total. The number of sulfone groups is 1. The lowest BCUT2D eigenvalue weighted by molar-refractivity contribution is -0.184. The van der Waals surface area contributed by atoms with E-state index in [0.717, 1.165) is 6.26 Å². The lowest BCUT2D eigenvalue weighted by Gasteiger charge is -2.08. The zero-order valence-electron chi connectivity index (χ0n) is 10.4. The van der Waals surface area contributed by atoms with Gasteiger partial charge in [0.15, 0.2) is 16.4 Å². The molecule has 1 aromatic rings. The molecule has 9 heteroatoms. The van der Waals surface area contributed by atoms with Crippen LogP contribution in [0.5, 0.6) is 0 Å². The third-order valence-electron chi connectivity index (χ3n) is 2.05. The van der Waals surface area contributed by atoms with Gasteiger partial charge in [0.25, 0.3) is 5.91 Å². The van der Waals surface area contributed by atoms with Crippen LogP contribution in [0.1, 0.15) is 15.9 Å². The molecule has 1 aromatic carbocycles. The minimum atomic E-state index is -4.54. The van der Waals surface area contributed by atoms with Crippen LogP contribution in [0.3, 0.4) is 0 Å². The molecule has 5 nitrogen and oxygen atoms in total. The highest BCUT2D eigenvalue weighted by molar-refractivity contribution is 7.89. The molecule has 0 unspecified atom stereocenters. The van der Waals surface area contributed by atoms with Crippen molar-refractivity contribution >= 4 is 15.7 Å². The molecule has 112 valence electrons. The van der Waals surface area contributed by atoms with Crippen LogP contribution in [0, 0.1) is 0 Å². The van der Waals surface area contributed by atoms with Crippen molar-refractivity contribution in [2.45, 2.75) is 11.9 Å². The summed E-state index contributed by atoms with van der Waals surface area (Å²) >= 11 is 0. The van der Waals surface area contributed by atoms with Crippen LogP contribution in [-0.2, 0) is 20.4 Å². The first-order valence-corrected chi connectivity index (χ1v) is 7.38. The maximum absolute atomic E-state index is 11.8. The van der Waals surface area contributed by atoms with Crippen molar-refractivity contribution in [1.82, 2.24) is 5.48 Å². The number of amides is 1. The Morgan fingerprint density at radius 1 is 1.25 bits per heavy atom. The van der Waals surface area contributed by atoms with E-state index in [1.54, 1.807) is 5.48 Å². The Morgan fingerprint density at radius 3 is 2.25 bits per heavy atom. The van der Waals surface area contributed by atoms with Crippen molar-refractivity contribution in [2.75, 3.05) is 12.9 Å². The fraction of sp³-hybridized carbons (Fsp3) is 0.364. The monoisotopic (exact) mass is 311 g/mol. The Bertz CT molecular complexity index is 566. The molecule has 0 aliphatic carbocycles. The molecule has 0 aliphatic heterocycles. The lowest BCUT2D eigenvalue weighted by atomic mass is 10.1. The molecular weight excluding hydrogens is 299 g/mol. The van der Waals surface area contributed by atoms with Gasteiger partial charge in [-0.2, -0.15) is 13.2 Å². The van der Waals surface area contributed by atoms with Gasteiger partial charge < -0.3 is 0 Å². The van der Waals surface area contributed by atoms with E-state index in [1.165, 1.54) is 24.3 Å². The quantitative estimate of drug-likeness (QED) is 0.836. The van der Waals surface area contributed by atoms with Crippen LogP contribution in [-0.4, -0.2) is 33.4 Å². The molecular formula is C11H12F3NO4S. The van der Waals surface area contributed by atoms with E-state index in [4.69, 9.17) is 0 Å². The van der Waals surface area contributed by atoms with Crippen molar-refractivity contribution in [3.8, 4) is 0 Å². The lowest BCUT2D eigenvalue weighted by Crippen LogP contribution is -2.29. The third-order valence-corrected chi connectivity index (χ3v) is 2.90. The van der Waals surface area contributed by atoms with Gasteiger partial charge in [-0.1, -0.05) is 12.1 Å². The molecule has 0 fully saturated rings. The van der Waals surface area contributed by atoms with E-state index in [9.17, 15) is 26.4 Å². The molecule has 0 aliphatic rings. The number of carbonyl (C=O) groups is 1. The van der Waals surface area contributed by atoms with Gasteiger partial charge in [0.05, 0.1) is 5.75 Å². The zero-order valence-corrected chi connectivity index (χ0v) is 11.2. The highest BCUT2D eigenvalue weighted by Crippen LogP contribution is 2.14. The maximum Gasteiger partial charge on any atom is 0.414 e. The molecule has 0 heterocycles. The molecule has 0 aromatic heterocycles. The predicted molar refractivity (Wildman–Crippen MR) is 64.5 cm³/mol. The Labute approximate surface area is 113 Å². The van der Waals surface area contributed by atoms with Crippen molar-refractivity contribution < 1.29 is 31.2 Å². The molecule has 0 spiro atoms. The largest absolute Gasteiger partial charge is 0.414 e. The smallest absolute Gasteiger partial charge is 0.267 e. The number of nitrogens with one attached hydrogen (secondary N) is 1. The SMILES string of the molecule is CS(=O)(=O)Cc1ccc(C(=O)NOCC(F)(F)F)cc1. The molecule has 20 heavy (non-hydrogen) atoms. The number of carbonyl (C=O) groups excluding carboxylic acids is 1. The Kier molecular flexibility index (Phi) is 5.12. The van der Waals surface area contributed by atoms with E-state index in [2.05, 4.69) is 4.84 Å². The summed E-state index contributed by atoms with van der Waals surface area (Å²) in [5.41, 5.74) is 2.18.